The molecular weight excluding hydrogens is 288 g/mol. The van der Waals surface area contributed by atoms with Crippen LogP contribution in [0.15, 0.2) is 0 Å². The molecule has 2 amide bonds. The van der Waals surface area contributed by atoms with Crippen LogP contribution in [0.25, 0.3) is 0 Å². The highest BCUT2D eigenvalue weighted by Gasteiger charge is 2.38. The van der Waals surface area contributed by atoms with E-state index in [1.807, 2.05) is 11.8 Å². The lowest BCUT2D eigenvalue weighted by Crippen LogP contribution is -2.57. The minimum Gasteiger partial charge on any atom is -0.480 e. The van der Waals surface area contributed by atoms with E-state index in [-0.39, 0.29) is 10.8 Å². The van der Waals surface area contributed by atoms with Gasteiger partial charge in [0, 0.05) is 17.8 Å². The highest BCUT2D eigenvalue weighted by Crippen LogP contribution is 2.38. The predicted molar refractivity (Wildman–Crippen MR) is 86.8 cm³/mol. The Kier molecular flexibility index (Phi) is 6.38. The number of hydrogen-bond acceptors (Lipinski definition) is 3. The number of carbonyl (C=O) groups is 2. The maximum Gasteiger partial charge on any atom is 0.329 e. The first-order valence-electron chi connectivity index (χ1n) is 7.63. The summed E-state index contributed by atoms with van der Waals surface area (Å²) in [5, 5.41) is 12.2. The Balaban J connectivity index is 2.68. The van der Waals surface area contributed by atoms with E-state index < -0.39 is 11.5 Å². The Bertz CT molecular complexity index is 379. The Labute approximate surface area is 131 Å². The van der Waals surface area contributed by atoms with Gasteiger partial charge in [-0.2, -0.15) is 11.8 Å². The van der Waals surface area contributed by atoms with Gasteiger partial charge < -0.3 is 15.3 Å². The fraction of sp³-hybridized carbons (Fsp3) is 0.867. The predicted octanol–water partition coefficient (Wildman–Crippen LogP) is 2.95. The number of amides is 2. The number of nitrogens with one attached hydrogen (secondary N) is 1. The van der Waals surface area contributed by atoms with Crippen LogP contribution in [0.2, 0.25) is 0 Å². The average Bonchev–Trinajstić information content (AvgIpc) is 2.46. The van der Waals surface area contributed by atoms with Gasteiger partial charge in [0.25, 0.3) is 0 Å². The van der Waals surface area contributed by atoms with Crippen molar-refractivity contribution in [2.75, 3.05) is 19.3 Å². The molecule has 0 aromatic rings. The summed E-state index contributed by atoms with van der Waals surface area (Å²) in [6, 6.07) is -0.288. The van der Waals surface area contributed by atoms with Crippen LogP contribution in [-0.2, 0) is 4.79 Å². The van der Waals surface area contributed by atoms with Crippen LogP contribution in [-0.4, -0.2) is 51.6 Å². The highest BCUT2D eigenvalue weighted by molar-refractivity contribution is 8.00. The summed E-state index contributed by atoms with van der Waals surface area (Å²) >= 11 is 1.82. The summed E-state index contributed by atoms with van der Waals surface area (Å²) in [6.07, 6.45) is 8.00. The van der Waals surface area contributed by atoms with Gasteiger partial charge in [-0.15, -0.1) is 0 Å². The lowest BCUT2D eigenvalue weighted by molar-refractivity contribution is -0.147. The minimum absolute atomic E-state index is 0.112. The largest absolute Gasteiger partial charge is 0.480 e. The Morgan fingerprint density at radius 1 is 1.29 bits per heavy atom. The average molecular weight is 316 g/mol. The van der Waals surface area contributed by atoms with E-state index in [0.717, 1.165) is 12.8 Å². The van der Waals surface area contributed by atoms with Crippen LogP contribution < -0.4 is 5.32 Å². The number of thioether (sulfide) groups is 1. The number of nitrogens with zero attached hydrogens (tertiary/aromatic N) is 1. The third kappa shape index (κ3) is 4.28. The van der Waals surface area contributed by atoms with Crippen LogP contribution in [0.5, 0.6) is 0 Å². The Morgan fingerprint density at radius 3 is 2.29 bits per heavy atom. The van der Waals surface area contributed by atoms with E-state index in [1.54, 1.807) is 20.8 Å². The molecule has 0 spiro atoms. The van der Waals surface area contributed by atoms with E-state index in [0.29, 0.717) is 13.1 Å². The first-order valence-corrected chi connectivity index (χ1v) is 8.85. The van der Waals surface area contributed by atoms with Gasteiger partial charge >= 0.3 is 12.0 Å². The topological polar surface area (TPSA) is 69.6 Å². The molecule has 1 saturated carbocycles. The number of carboxylic acids is 1. The van der Waals surface area contributed by atoms with Gasteiger partial charge in [-0.3, -0.25) is 0 Å². The molecule has 0 unspecified atom stereocenters. The summed E-state index contributed by atoms with van der Waals surface area (Å²) < 4.78 is 0.112. The lowest BCUT2D eigenvalue weighted by atomic mass is 9.88. The second-order valence-electron chi connectivity index (χ2n) is 6.21. The number of urea groups is 1. The molecule has 2 N–H and O–H groups in total. The molecule has 0 aliphatic heterocycles. The Hall–Kier alpha value is -0.910. The molecule has 1 rings (SSSR count). The lowest BCUT2D eigenvalue weighted by Gasteiger charge is -2.38. The first kappa shape index (κ1) is 18.1. The van der Waals surface area contributed by atoms with Crippen molar-refractivity contribution in [2.45, 2.75) is 63.2 Å². The van der Waals surface area contributed by atoms with Crippen molar-refractivity contribution in [1.82, 2.24) is 10.2 Å². The summed E-state index contributed by atoms with van der Waals surface area (Å²) in [5.74, 6) is -0.989. The molecule has 0 radical (unpaired) electrons. The van der Waals surface area contributed by atoms with Crippen LogP contribution in [0.3, 0.4) is 0 Å². The fourth-order valence-electron chi connectivity index (χ4n) is 2.89. The van der Waals surface area contributed by atoms with Gasteiger partial charge in [0.1, 0.15) is 5.54 Å². The van der Waals surface area contributed by atoms with Crippen molar-refractivity contribution in [3.05, 3.63) is 0 Å². The number of rotatable bonds is 6. The summed E-state index contributed by atoms with van der Waals surface area (Å²) in [4.78, 5) is 25.1. The third-order valence-corrected chi connectivity index (χ3v) is 5.94. The molecule has 6 heteroatoms. The van der Waals surface area contributed by atoms with Crippen molar-refractivity contribution in [2.24, 2.45) is 0 Å². The molecular formula is C15H28N2O3S. The van der Waals surface area contributed by atoms with E-state index >= 15 is 0 Å². The second kappa shape index (κ2) is 7.38. The monoisotopic (exact) mass is 316 g/mol. The fourth-order valence-corrected chi connectivity index (χ4v) is 3.80. The molecule has 0 aromatic heterocycles. The minimum atomic E-state index is -1.20. The Morgan fingerprint density at radius 2 is 1.86 bits per heavy atom. The standard InChI is InChI=1S/C15H28N2O3S/c1-5-17(14(2,3)12(18)19)13(20)16-11-15(21-4)9-7-6-8-10-15/h5-11H2,1-4H3,(H,16,20)(H,18,19). The van der Waals surface area contributed by atoms with Gasteiger partial charge in [0.15, 0.2) is 0 Å². The normalized spacial score (nSPS) is 18.1. The molecule has 0 atom stereocenters. The molecule has 0 bridgehead atoms. The zero-order chi connectivity index (χ0) is 16.1. The summed E-state index contributed by atoms with van der Waals surface area (Å²) in [7, 11) is 0. The van der Waals surface area contributed by atoms with Gasteiger partial charge in [0.05, 0.1) is 0 Å². The zero-order valence-corrected chi connectivity index (χ0v) is 14.4. The van der Waals surface area contributed by atoms with Crippen LogP contribution >= 0.6 is 11.8 Å². The third-order valence-electron chi connectivity index (χ3n) is 4.52. The van der Waals surface area contributed by atoms with E-state index in [9.17, 15) is 14.7 Å². The SMILES string of the molecule is CCN(C(=O)NCC1(SC)CCCCC1)C(C)(C)C(=O)O. The van der Waals surface area contributed by atoms with Gasteiger partial charge in [-0.05, 0) is 39.9 Å². The number of carbonyl (C=O) groups excluding carboxylic acids is 1. The van der Waals surface area contributed by atoms with E-state index in [2.05, 4.69) is 11.6 Å². The molecule has 1 aliphatic rings. The van der Waals surface area contributed by atoms with Crippen molar-refractivity contribution < 1.29 is 14.7 Å². The van der Waals surface area contributed by atoms with E-state index in [1.165, 1.54) is 24.2 Å². The zero-order valence-electron chi connectivity index (χ0n) is 13.6. The van der Waals surface area contributed by atoms with Crippen molar-refractivity contribution in [3.63, 3.8) is 0 Å². The first-order chi connectivity index (χ1) is 9.79. The number of likely N-dealkylation sites (N-methyl/N-ethyl adjacent to an activating group) is 1. The molecule has 5 nitrogen and oxygen atoms in total. The van der Waals surface area contributed by atoms with Crippen LogP contribution in [0.1, 0.15) is 52.9 Å². The summed E-state index contributed by atoms with van der Waals surface area (Å²) in [6.45, 7) is 5.90. The van der Waals surface area contributed by atoms with Gasteiger partial charge in [-0.25, -0.2) is 9.59 Å². The van der Waals surface area contributed by atoms with Crippen molar-refractivity contribution in [1.29, 1.82) is 0 Å². The van der Waals surface area contributed by atoms with Gasteiger partial charge in [0.2, 0.25) is 0 Å². The number of carboxylic acid groups (broad SMARTS) is 1. The second-order valence-corrected chi connectivity index (χ2v) is 7.49. The number of aliphatic carboxylic acids is 1. The van der Waals surface area contributed by atoms with Gasteiger partial charge in [-0.1, -0.05) is 19.3 Å². The molecule has 122 valence electrons. The smallest absolute Gasteiger partial charge is 0.329 e. The molecule has 1 aliphatic carbocycles. The maximum atomic E-state index is 12.4. The van der Waals surface area contributed by atoms with E-state index in [4.69, 9.17) is 0 Å². The van der Waals surface area contributed by atoms with Crippen molar-refractivity contribution >= 4 is 23.8 Å². The molecule has 0 saturated heterocycles. The highest BCUT2D eigenvalue weighted by atomic mass is 32.2. The molecule has 0 heterocycles. The molecule has 21 heavy (non-hydrogen) atoms. The molecule has 0 aromatic carbocycles. The molecule has 1 fully saturated rings. The van der Waals surface area contributed by atoms with Crippen molar-refractivity contribution in [3.8, 4) is 0 Å². The quantitative estimate of drug-likeness (QED) is 0.790. The number of hydrogen-bond donors (Lipinski definition) is 2. The maximum absolute atomic E-state index is 12.4. The van der Waals surface area contributed by atoms with Crippen LogP contribution in [0, 0.1) is 0 Å². The summed E-state index contributed by atoms with van der Waals surface area (Å²) in [5.41, 5.74) is -1.20. The van der Waals surface area contributed by atoms with Crippen LogP contribution in [0.4, 0.5) is 4.79 Å².